The Morgan fingerprint density at radius 1 is 1.06 bits per heavy atom. The van der Waals surface area contributed by atoms with Gasteiger partial charge in [-0.1, -0.05) is 36.2 Å². The van der Waals surface area contributed by atoms with Crippen molar-refractivity contribution in [2.75, 3.05) is 5.32 Å². The molecule has 0 saturated carbocycles. The Labute approximate surface area is 111 Å². The van der Waals surface area contributed by atoms with E-state index in [0.717, 1.165) is 23.6 Å². The number of halogens is 2. The summed E-state index contributed by atoms with van der Waals surface area (Å²) in [6.45, 7) is 2.63. The first-order valence-corrected chi connectivity index (χ1v) is 6.21. The molecular weight excluding hydrogens is 257 g/mol. The van der Waals surface area contributed by atoms with Gasteiger partial charge in [0.05, 0.1) is 22.3 Å². The second-order valence-corrected chi connectivity index (χ2v) is 4.49. The normalized spacial score (nSPS) is 10.5. The highest BCUT2D eigenvalue weighted by Gasteiger charge is 2.06. The summed E-state index contributed by atoms with van der Waals surface area (Å²) in [5.74, 6) is 1.85. The quantitative estimate of drug-likeness (QED) is 0.866. The molecule has 2 aromatic rings. The first-order chi connectivity index (χ1) is 8.20. The van der Waals surface area contributed by atoms with Crippen LogP contribution in [0.1, 0.15) is 18.4 Å². The number of rotatable bonds is 4. The molecular formula is C13H13Cl2NO. The lowest BCUT2D eigenvalue weighted by molar-refractivity contribution is 0.476. The third kappa shape index (κ3) is 2.96. The number of nitrogens with one attached hydrogen (secondary N) is 1. The standard InChI is InChI=1S/C13H13Cl2NO/c1-2-9-6-7-10(17-9)8-16-13-11(14)4-3-5-12(13)15/h3-7,16H,2,8H2,1H3. The number of furan rings is 1. The van der Waals surface area contributed by atoms with E-state index < -0.39 is 0 Å². The molecule has 0 amide bonds. The number of hydrogen-bond donors (Lipinski definition) is 1. The summed E-state index contributed by atoms with van der Waals surface area (Å²) in [4.78, 5) is 0. The van der Waals surface area contributed by atoms with Gasteiger partial charge in [-0.3, -0.25) is 0 Å². The molecule has 0 spiro atoms. The van der Waals surface area contributed by atoms with E-state index in [1.54, 1.807) is 12.1 Å². The van der Waals surface area contributed by atoms with E-state index in [-0.39, 0.29) is 0 Å². The van der Waals surface area contributed by atoms with Crippen LogP contribution in [-0.2, 0) is 13.0 Å². The van der Waals surface area contributed by atoms with Gasteiger partial charge in [-0.15, -0.1) is 0 Å². The molecule has 1 N–H and O–H groups in total. The number of hydrogen-bond acceptors (Lipinski definition) is 2. The molecule has 0 fully saturated rings. The summed E-state index contributed by atoms with van der Waals surface area (Å²) in [6.07, 6.45) is 0.896. The predicted molar refractivity (Wildman–Crippen MR) is 71.9 cm³/mol. The molecule has 90 valence electrons. The van der Waals surface area contributed by atoms with E-state index in [2.05, 4.69) is 12.2 Å². The zero-order valence-corrected chi connectivity index (χ0v) is 11.0. The van der Waals surface area contributed by atoms with E-state index in [1.165, 1.54) is 0 Å². The highest BCUT2D eigenvalue weighted by Crippen LogP contribution is 2.30. The predicted octanol–water partition coefficient (Wildman–Crippen LogP) is 4.76. The zero-order valence-electron chi connectivity index (χ0n) is 9.47. The molecule has 0 aliphatic carbocycles. The highest BCUT2D eigenvalue weighted by atomic mass is 35.5. The van der Waals surface area contributed by atoms with Crippen molar-refractivity contribution in [3.8, 4) is 0 Å². The van der Waals surface area contributed by atoms with Crippen LogP contribution in [0.3, 0.4) is 0 Å². The summed E-state index contributed by atoms with van der Waals surface area (Å²) in [5, 5.41) is 4.40. The van der Waals surface area contributed by atoms with E-state index in [0.29, 0.717) is 16.6 Å². The maximum Gasteiger partial charge on any atom is 0.123 e. The topological polar surface area (TPSA) is 25.2 Å². The molecule has 0 atom stereocenters. The molecule has 2 rings (SSSR count). The second-order valence-electron chi connectivity index (χ2n) is 3.67. The van der Waals surface area contributed by atoms with E-state index in [4.69, 9.17) is 27.6 Å². The summed E-state index contributed by atoms with van der Waals surface area (Å²) in [7, 11) is 0. The van der Waals surface area contributed by atoms with Crippen molar-refractivity contribution in [2.45, 2.75) is 19.9 Å². The Morgan fingerprint density at radius 2 is 1.71 bits per heavy atom. The Kier molecular flexibility index (Phi) is 3.97. The number of benzene rings is 1. The summed E-state index contributed by atoms with van der Waals surface area (Å²) in [5.41, 5.74) is 0.741. The van der Waals surface area contributed by atoms with Gasteiger partial charge in [-0.2, -0.15) is 0 Å². The lowest BCUT2D eigenvalue weighted by Crippen LogP contribution is -1.99. The fourth-order valence-electron chi connectivity index (χ4n) is 1.55. The van der Waals surface area contributed by atoms with Crippen molar-refractivity contribution < 1.29 is 4.42 Å². The lowest BCUT2D eigenvalue weighted by atomic mass is 10.3. The Morgan fingerprint density at radius 3 is 2.29 bits per heavy atom. The summed E-state index contributed by atoms with van der Waals surface area (Å²) >= 11 is 12.1. The fourth-order valence-corrected chi connectivity index (χ4v) is 2.08. The molecule has 1 aromatic heterocycles. The van der Waals surface area contributed by atoms with Gasteiger partial charge < -0.3 is 9.73 Å². The SMILES string of the molecule is CCc1ccc(CNc2c(Cl)cccc2Cl)o1. The van der Waals surface area contributed by atoms with Crippen LogP contribution in [0.15, 0.2) is 34.7 Å². The Bertz CT molecular complexity index is 488. The molecule has 0 aliphatic rings. The first-order valence-electron chi connectivity index (χ1n) is 5.46. The highest BCUT2D eigenvalue weighted by molar-refractivity contribution is 6.39. The average molecular weight is 270 g/mol. The van der Waals surface area contributed by atoms with Crippen LogP contribution in [0, 0.1) is 0 Å². The molecule has 0 saturated heterocycles. The Balaban J connectivity index is 2.07. The molecule has 0 unspecified atom stereocenters. The van der Waals surface area contributed by atoms with Gasteiger partial charge in [0.15, 0.2) is 0 Å². The molecule has 1 heterocycles. The third-order valence-corrected chi connectivity index (χ3v) is 3.10. The van der Waals surface area contributed by atoms with E-state index in [9.17, 15) is 0 Å². The minimum Gasteiger partial charge on any atom is -0.464 e. The molecule has 4 heteroatoms. The van der Waals surface area contributed by atoms with Crippen molar-refractivity contribution in [3.63, 3.8) is 0 Å². The largest absolute Gasteiger partial charge is 0.464 e. The monoisotopic (exact) mass is 269 g/mol. The van der Waals surface area contributed by atoms with Gasteiger partial charge in [0.2, 0.25) is 0 Å². The van der Waals surface area contributed by atoms with Crippen LogP contribution in [0.25, 0.3) is 0 Å². The van der Waals surface area contributed by atoms with Gasteiger partial charge in [0, 0.05) is 6.42 Å². The van der Waals surface area contributed by atoms with E-state index >= 15 is 0 Å². The lowest BCUT2D eigenvalue weighted by Gasteiger charge is -2.08. The summed E-state index contributed by atoms with van der Waals surface area (Å²) < 4.78 is 5.59. The zero-order chi connectivity index (χ0) is 12.3. The van der Waals surface area contributed by atoms with Gasteiger partial charge in [0.25, 0.3) is 0 Å². The molecule has 0 bridgehead atoms. The van der Waals surface area contributed by atoms with Gasteiger partial charge in [-0.05, 0) is 24.3 Å². The van der Waals surface area contributed by atoms with Crippen LogP contribution < -0.4 is 5.32 Å². The van der Waals surface area contributed by atoms with Crippen molar-refractivity contribution in [1.82, 2.24) is 0 Å². The summed E-state index contributed by atoms with van der Waals surface area (Å²) in [6, 6.07) is 9.35. The third-order valence-electron chi connectivity index (χ3n) is 2.47. The van der Waals surface area contributed by atoms with Crippen LogP contribution in [0.2, 0.25) is 10.0 Å². The average Bonchev–Trinajstić information content (AvgIpc) is 2.76. The van der Waals surface area contributed by atoms with Gasteiger partial charge >= 0.3 is 0 Å². The molecule has 0 aliphatic heterocycles. The van der Waals surface area contributed by atoms with Gasteiger partial charge in [0.1, 0.15) is 11.5 Å². The Hall–Kier alpha value is -1.12. The second kappa shape index (κ2) is 5.48. The number of aryl methyl sites for hydroxylation is 1. The van der Waals surface area contributed by atoms with Crippen molar-refractivity contribution in [1.29, 1.82) is 0 Å². The fraction of sp³-hybridized carbons (Fsp3) is 0.231. The molecule has 0 radical (unpaired) electrons. The molecule has 2 nitrogen and oxygen atoms in total. The van der Waals surface area contributed by atoms with E-state index in [1.807, 2.05) is 18.2 Å². The van der Waals surface area contributed by atoms with Crippen LogP contribution in [0.5, 0.6) is 0 Å². The minimum atomic E-state index is 0.573. The van der Waals surface area contributed by atoms with Gasteiger partial charge in [-0.25, -0.2) is 0 Å². The minimum absolute atomic E-state index is 0.573. The number of para-hydroxylation sites is 1. The number of anilines is 1. The van der Waals surface area contributed by atoms with Crippen LogP contribution >= 0.6 is 23.2 Å². The first kappa shape index (κ1) is 12.3. The maximum atomic E-state index is 6.05. The van der Waals surface area contributed by atoms with Crippen molar-refractivity contribution in [3.05, 3.63) is 51.9 Å². The van der Waals surface area contributed by atoms with Crippen molar-refractivity contribution in [2.24, 2.45) is 0 Å². The molecule has 1 aromatic carbocycles. The van der Waals surface area contributed by atoms with Crippen LogP contribution in [-0.4, -0.2) is 0 Å². The molecule has 17 heavy (non-hydrogen) atoms. The smallest absolute Gasteiger partial charge is 0.123 e. The van der Waals surface area contributed by atoms with Crippen molar-refractivity contribution >= 4 is 28.9 Å². The van der Waals surface area contributed by atoms with Crippen LogP contribution in [0.4, 0.5) is 5.69 Å². The maximum absolute atomic E-state index is 6.05.